The number of H-pyrrole nitrogens is 1. The highest BCUT2D eigenvalue weighted by atomic mass is 16.5. The van der Waals surface area contributed by atoms with Gasteiger partial charge in [-0.3, -0.25) is 4.79 Å². The highest BCUT2D eigenvalue weighted by Crippen LogP contribution is 2.25. The van der Waals surface area contributed by atoms with E-state index in [0.29, 0.717) is 17.0 Å². The SMILES string of the molecule is COc1cc(/C=N/NC(=O)c2ccc[nH]2)ccc1O. The number of aromatic nitrogens is 1. The zero-order valence-electron chi connectivity index (χ0n) is 10.3. The van der Waals surface area contributed by atoms with Gasteiger partial charge in [0.25, 0.3) is 5.91 Å². The lowest BCUT2D eigenvalue weighted by atomic mass is 10.2. The molecule has 0 unspecified atom stereocenters. The van der Waals surface area contributed by atoms with E-state index in [-0.39, 0.29) is 11.7 Å². The number of hydrogen-bond donors (Lipinski definition) is 3. The van der Waals surface area contributed by atoms with Gasteiger partial charge in [0.05, 0.1) is 13.3 Å². The average Bonchev–Trinajstić information content (AvgIpc) is 2.94. The number of aromatic amines is 1. The maximum atomic E-state index is 11.6. The number of carbonyl (C=O) groups excluding carboxylic acids is 1. The molecule has 0 fully saturated rings. The molecule has 98 valence electrons. The second-order valence-electron chi connectivity index (χ2n) is 3.71. The molecule has 1 amide bonds. The molecule has 0 spiro atoms. The minimum Gasteiger partial charge on any atom is -0.504 e. The highest BCUT2D eigenvalue weighted by molar-refractivity contribution is 5.93. The van der Waals surface area contributed by atoms with Crippen molar-refractivity contribution in [3.05, 3.63) is 47.8 Å². The number of hydrazone groups is 1. The van der Waals surface area contributed by atoms with E-state index < -0.39 is 0 Å². The molecular weight excluding hydrogens is 246 g/mol. The molecule has 3 N–H and O–H groups in total. The molecule has 0 saturated carbocycles. The summed E-state index contributed by atoms with van der Waals surface area (Å²) < 4.78 is 4.97. The van der Waals surface area contributed by atoms with Crippen LogP contribution in [0, 0.1) is 0 Å². The van der Waals surface area contributed by atoms with Gasteiger partial charge in [-0.1, -0.05) is 0 Å². The number of amides is 1. The Hall–Kier alpha value is -2.76. The maximum Gasteiger partial charge on any atom is 0.287 e. The van der Waals surface area contributed by atoms with Crippen molar-refractivity contribution in [3.63, 3.8) is 0 Å². The fourth-order valence-electron chi connectivity index (χ4n) is 1.47. The van der Waals surface area contributed by atoms with E-state index in [0.717, 1.165) is 0 Å². The van der Waals surface area contributed by atoms with Gasteiger partial charge in [0.1, 0.15) is 5.69 Å². The van der Waals surface area contributed by atoms with Crippen molar-refractivity contribution in [2.45, 2.75) is 0 Å². The number of benzene rings is 1. The predicted molar refractivity (Wildman–Crippen MR) is 70.5 cm³/mol. The quantitative estimate of drug-likeness (QED) is 0.574. The summed E-state index contributed by atoms with van der Waals surface area (Å²) in [5, 5.41) is 13.3. The fourth-order valence-corrected chi connectivity index (χ4v) is 1.47. The van der Waals surface area contributed by atoms with Crippen LogP contribution in [0.1, 0.15) is 16.1 Å². The molecule has 0 radical (unpaired) electrons. The molecule has 0 saturated heterocycles. The minimum atomic E-state index is -0.327. The molecule has 0 aliphatic carbocycles. The van der Waals surface area contributed by atoms with Gasteiger partial charge in [-0.2, -0.15) is 5.10 Å². The van der Waals surface area contributed by atoms with Crippen molar-refractivity contribution in [1.29, 1.82) is 0 Å². The molecule has 2 aromatic rings. The number of phenolic OH excluding ortho intramolecular Hbond substituents is 1. The number of phenols is 1. The smallest absolute Gasteiger partial charge is 0.287 e. The van der Waals surface area contributed by atoms with E-state index in [1.54, 1.807) is 30.5 Å². The number of hydrogen-bond acceptors (Lipinski definition) is 4. The number of carbonyl (C=O) groups is 1. The molecule has 1 heterocycles. The Morgan fingerprint density at radius 3 is 3.00 bits per heavy atom. The summed E-state index contributed by atoms with van der Waals surface area (Å²) in [6.07, 6.45) is 3.12. The van der Waals surface area contributed by atoms with E-state index in [1.807, 2.05) is 0 Å². The third-order valence-electron chi connectivity index (χ3n) is 2.43. The van der Waals surface area contributed by atoms with Crippen molar-refractivity contribution in [3.8, 4) is 11.5 Å². The summed E-state index contributed by atoms with van der Waals surface area (Å²) in [4.78, 5) is 14.3. The minimum absolute atomic E-state index is 0.0510. The van der Waals surface area contributed by atoms with Crippen molar-refractivity contribution in [1.82, 2.24) is 10.4 Å². The first-order chi connectivity index (χ1) is 9.20. The van der Waals surface area contributed by atoms with E-state index >= 15 is 0 Å². The second-order valence-corrected chi connectivity index (χ2v) is 3.71. The normalized spacial score (nSPS) is 10.6. The summed E-state index contributed by atoms with van der Waals surface area (Å²) >= 11 is 0. The van der Waals surface area contributed by atoms with Crippen LogP contribution in [0.2, 0.25) is 0 Å². The predicted octanol–water partition coefficient (Wildman–Crippen LogP) is 1.49. The van der Waals surface area contributed by atoms with Crippen LogP contribution in [-0.4, -0.2) is 29.3 Å². The number of ether oxygens (including phenoxy) is 1. The first-order valence-corrected chi connectivity index (χ1v) is 5.54. The maximum absolute atomic E-state index is 11.6. The molecule has 0 bridgehead atoms. The third kappa shape index (κ3) is 3.12. The van der Waals surface area contributed by atoms with Gasteiger partial charge in [-0.15, -0.1) is 0 Å². The molecule has 0 atom stereocenters. The van der Waals surface area contributed by atoms with Gasteiger partial charge in [0.15, 0.2) is 11.5 Å². The van der Waals surface area contributed by atoms with Gasteiger partial charge < -0.3 is 14.8 Å². The van der Waals surface area contributed by atoms with Crippen molar-refractivity contribution >= 4 is 12.1 Å². The summed E-state index contributed by atoms with van der Waals surface area (Å²) in [5.41, 5.74) is 3.51. The van der Waals surface area contributed by atoms with Crippen LogP contribution in [-0.2, 0) is 0 Å². The molecule has 0 aliphatic heterocycles. The molecule has 1 aromatic carbocycles. The Labute approximate surface area is 109 Å². The molecule has 6 heteroatoms. The van der Waals surface area contributed by atoms with Crippen LogP contribution in [0.15, 0.2) is 41.6 Å². The van der Waals surface area contributed by atoms with E-state index in [4.69, 9.17) is 4.74 Å². The number of nitrogens with one attached hydrogen (secondary N) is 2. The summed E-state index contributed by atoms with van der Waals surface area (Å²) in [6, 6.07) is 8.13. The zero-order valence-corrected chi connectivity index (χ0v) is 10.3. The monoisotopic (exact) mass is 259 g/mol. The van der Waals surface area contributed by atoms with Gasteiger partial charge in [0.2, 0.25) is 0 Å². The molecular formula is C13H13N3O3. The Morgan fingerprint density at radius 1 is 1.47 bits per heavy atom. The van der Waals surface area contributed by atoms with Crippen LogP contribution >= 0.6 is 0 Å². The molecule has 19 heavy (non-hydrogen) atoms. The summed E-state index contributed by atoms with van der Waals surface area (Å²) in [5.74, 6) is 0.0710. The molecule has 2 rings (SSSR count). The summed E-state index contributed by atoms with van der Waals surface area (Å²) in [6.45, 7) is 0. The molecule has 0 aliphatic rings. The van der Waals surface area contributed by atoms with Crippen LogP contribution in [0.25, 0.3) is 0 Å². The second kappa shape index (κ2) is 5.72. The van der Waals surface area contributed by atoms with Gasteiger partial charge >= 0.3 is 0 Å². The van der Waals surface area contributed by atoms with E-state index in [2.05, 4.69) is 15.5 Å². The van der Waals surface area contributed by atoms with Crippen molar-refractivity contribution < 1.29 is 14.6 Å². The van der Waals surface area contributed by atoms with Gasteiger partial charge in [-0.05, 0) is 35.9 Å². The van der Waals surface area contributed by atoms with E-state index in [9.17, 15) is 9.90 Å². The summed E-state index contributed by atoms with van der Waals surface area (Å²) in [7, 11) is 1.46. The lowest BCUT2D eigenvalue weighted by Gasteiger charge is -2.03. The lowest BCUT2D eigenvalue weighted by molar-refractivity contribution is 0.0951. The van der Waals surface area contributed by atoms with Gasteiger partial charge in [-0.25, -0.2) is 5.43 Å². The van der Waals surface area contributed by atoms with E-state index in [1.165, 1.54) is 19.4 Å². The average molecular weight is 259 g/mol. The van der Waals surface area contributed by atoms with Crippen molar-refractivity contribution in [2.24, 2.45) is 5.10 Å². The number of nitrogens with zero attached hydrogens (tertiary/aromatic N) is 1. The Kier molecular flexibility index (Phi) is 3.82. The number of methoxy groups -OCH3 is 1. The number of rotatable bonds is 4. The first kappa shape index (κ1) is 12.7. The van der Waals surface area contributed by atoms with Gasteiger partial charge in [0, 0.05) is 6.20 Å². The zero-order chi connectivity index (χ0) is 13.7. The lowest BCUT2D eigenvalue weighted by Crippen LogP contribution is -2.17. The highest BCUT2D eigenvalue weighted by Gasteiger charge is 2.03. The van der Waals surface area contributed by atoms with Crippen LogP contribution in [0.4, 0.5) is 0 Å². The first-order valence-electron chi connectivity index (χ1n) is 5.54. The van der Waals surface area contributed by atoms with Crippen molar-refractivity contribution in [2.75, 3.05) is 7.11 Å². The Morgan fingerprint density at radius 2 is 2.32 bits per heavy atom. The van der Waals surface area contributed by atoms with Crippen LogP contribution in [0.3, 0.4) is 0 Å². The largest absolute Gasteiger partial charge is 0.504 e. The Bertz CT molecular complexity index is 591. The molecule has 1 aromatic heterocycles. The van der Waals surface area contributed by atoms with Crippen LogP contribution < -0.4 is 10.2 Å². The standard InChI is InChI=1S/C13H13N3O3/c1-19-12-7-9(4-5-11(12)17)8-15-16-13(18)10-3-2-6-14-10/h2-8,14,17H,1H3,(H,16,18)/b15-8+. The third-order valence-corrected chi connectivity index (χ3v) is 2.43. The fraction of sp³-hybridized carbons (Fsp3) is 0.0769. The number of aromatic hydroxyl groups is 1. The Balaban J connectivity index is 2.01. The topological polar surface area (TPSA) is 86.7 Å². The van der Waals surface area contributed by atoms with Crippen LogP contribution in [0.5, 0.6) is 11.5 Å². The molecule has 6 nitrogen and oxygen atoms in total.